The monoisotopic (exact) mass is 234 g/mol. The molecule has 0 aliphatic carbocycles. The summed E-state index contributed by atoms with van der Waals surface area (Å²) in [5, 5.41) is 0. The number of nitrogens with zero attached hydrogens (tertiary/aromatic N) is 1. The minimum Gasteiger partial charge on any atom is -0.341 e. The second-order valence-corrected chi connectivity index (χ2v) is 5.63. The molecular weight excluding hydrogens is 212 g/mol. The molecule has 0 saturated heterocycles. The minimum atomic E-state index is 0.0511. The maximum Gasteiger partial charge on any atom is 0.253 e. The standard InChI is InChI=1S/C14H22N2O/c1-14(2,3)10-16(4)13(17)12-7-5-6-11(8-12)9-15/h5-8H,9-10,15H2,1-4H3. The maximum absolute atomic E-state index is 12.2. The van der Waals surface area contributed by atoms with Gasteiger partial charge in [0.15, 0.2) is 0 Å². The second-order valence-electron chi connectivity index (χ2n) is 5.63. The van der Waals surface area contributed by atoms with Gasteiger partial charge >= 0.3 is 0 Å². The van der Waals surface area contributed by atoms with Crippen molar-refractivity contribution in [2.75, 3.05) is 13.6 Å². The van der Waals surface area contributed by atoms with Crippen molar-refractivity contribution in [3.05, 3.63) is 35.4 Å². The van der Waals surface area contributed by atoms with Crippen LogP contribution >= 0.6 is 0 Å². The first-order valence-corrected chi connectivity index (χ1v) is 5.88. The zero-order chi connectivity index (χ0) is 13.1. The van der Waals surface area contributed by atoms with Crippen LogP contribution in [0.5, 0.6) is 0 Å². The van der Waals surface area contributed by atoms with Gasteiger partial charge in [-0.3, -0.25) is 4.79 Å². The number of nitrogens with two attached hydrogens (primary N) is 1. The van der Waals surface area contributed by atoms with Crippen LogP contribution in [0.4, 0.5) is 0 Å². The molecule has 3 nitrogen and oxygen atoms in total. The van der Waals surface area contributed by atoms with Crippen LogP contribution in [0, 0.1) is 5.41 Å². The van der Waals surface area contributed by atoms with Crippen molar-refractivity contribution in [2.24, 2.45) is 11.1 Å². The second kappa shape index (κ2) is 5.32. The van der Waals surface area contributed by atoms with Gasteiger partial charge in [-0.2, -0.15) is 0 Å². The summed E-state index contributed by atoms with van der Waals surface area (Å²) in [6.45, 7) is 7.55. The minimum absolute atomic E-state index is 0.0511. The summed E-state index contributed by atoms with van der Waals surface area (Å²) >= 11 is 0. The van der Waals surface area contributed by atoms with E-state index < -0.39 is 0 Å². The highest BCUT2D eigenvalue weighted by Gasteiger charge is 2.18. The number of rotatable bonds is 3. The van der Waals surface area contributed by atoms with Crippen molar-refractivity contribution < 1.29 is 4.79 Å². The summed E-state index contributed by atoms with van der Waals surface area (Å²) in [4.78, 5) is 13.9. The zero-order valence-corrected chi connectivity index (χ0v) is 11.2. The van der Waals surface area contributed by atoms with E-state index in [1.165, 1.54) is 0 Å². The van der Waals surface area contributed by atoms with Gasteiger partial charge in [-0.05, 0) is 23.1 Å². The van der Waals surface area contributed by atoms with Crippen LogP contribution in [-0.2, 0) is 6.54 Å². The van der Waals surface area contributed by atoms with E-state index in [-0.39, 0.29) is 11.3 Å². The van der Waals surface area contributed by atoms with Gasteiger partial charge in [0.05, 0.1) is 0 Å². The maximum atomic E-state index is 12.2. The van der Waals surface area contributed by atoms with Crippen molar-refractivity contribution in [3.8, 4) is 0 Å². The van der Waals surface area contributed by atoms with Gasteiger partial charge in [-0.1, -0.05) is 32.9 Å². The third kappa shape index (κ3) is 4.19. The molecule has 0 atom stereocenters. The van der Waals surface area contributed by atoms with Gasteiger partial charge in [0.1, 0.15) is 0 Å². The van der Waals surface area contributed by atoms with Gasteiger partial charge in [0, 0.05) is 25.7 Å². The Bertz CT molecular complexity index is 393. The Hall–Kier alpha value is -1.35. The number of amides is 1. The Morgan fingerprint density at radius 3 is 2.53 bits per heavy atom. The van der Waals surface area contributed by atoms with Gasteiger partial charge in [0.25, 0.3) is 5.91 Å². The molecule has 0 heterocycles. The van der Waals surface area contributed by atoms with E-state index in [2.05, 4.69) is 20.8 Å². The topological polar surface area (TPSA) is 46.3 Å². The Morgan fingerprint density at radius 1 is 1.35 bits per heavy atom. The van der Waals surface area contributed by atoms with Gasteiger partial charge < -0.3 is 10.6 Å². The largest absolute Gasteiger partial charge is 0.341 e. The van der Waals surface area contributed by atoms with E-state index in [1.54, 1.807) is 4.90 Å². The number of hydrogen-bond donors (Lipinski definition) is 1. The summed E-state index contributed by atoms with van der Waals surface area (Å²) < 4.78 is 0. The smallest absolute Gasteiger partial charge is 0.253 e. The first-order valence-electron chi connectivity index (χ1n) is 5.88. The quantitative estimate of drug-likeness (QED) is 0.872. The van der Waals surface area contributed by atoms with Crippen LogP contribution in [0.1, 0.15) is 36.7 Å². The Kier molecular flexibility index (Phi) is 4.29. The lowest BCUT2D eigenvalue weighted by atomic mass is 9.96. The highest BCUT2D eigenvalue weighted by atomic mass is 16.2. The lowest BCUT2D eigenvalue weighted by Gasteiger charge is -2.26. The summed E-state index contributed by atoms with van der Waals surface area (Å²) in [5.41, 5.74) is 7.37. The van der Waals surface area contributed by atoms with Crippen LogP contribution in [0.15, 0.2) is 24.3 Å². The average molecular weight is 234 g/mol. The molecule has 17 heavy (non-hydrogen) atoms. The van der Waals surface area contributed by atoms with Crippen molar-refractivity contribution in [3.63, 3.8) is 0 Å². The van der Waals surface area contributed by atoms with Crippen molar-refractivity contribution >= 4 is 5.91 Å². The van der Waals surface area contributed by atoms with Crippen molar-refractivity contribution in [2.45, 2.75) is 27.3 Å². The van der Waals surface area contributed by atoms with Crippen LogP contribution < -0.4 is 5.73 Å². The lowest BCUT2D eigenvalue weighted by Crippen LogP contribution is -2.34. The summed E-state index contributed by atoms with van der Waals surface area (Å²) in [7, 11) is 1.84. The fourth-order valence-electron chi connectivity index (χ4n) is 1.84. The van der Waals surface area contributed by atoms with Crippen LogP contribution in [0.2, 0.25) is 0 Å². The molecule has 0 aromatic heterocycles. The number of hydrogen-bond acceptors (Lipinski definition) is 2. The molecule has 0 fully saturated rings. The molecule has 0 aliphatic heterocycles. The summed E-state index contributed by atoms with van der Waals surface area (Å²) in [6, 6.07) is 7.50. The normalized spacial score (nSPS) is 11.4. The summed E-state index contributed by atoms with van der Waals surface area (Å²) in [5.74, 6) is 0.0511. The van der Waals surface area contributed by atoms with E-state index in [0.717, 1.165) is 12.1 Å². The highest BCUT2D eigenvalue weighted by molar-refractivity contribution is 5.94. The predicted molar refractivity (Wildman–Crippen MR) is 70.7 cm³/mol. The molecular formula is C14H22N2O. The van der Waals surface area contributed by atoms with E-state index in [0.29, 0.717) is 12.1 Å². The van der Waals surface area contributed by atoms with E-state index in [1.807, 2.05) is 31.3 Å². The fourth-order valence-corrected chi connectivity index (χ4v) is 1.84. The van der Waals surface area contributed by atoms with Gasteiger partial charge in [-0.25, -0.2) is 0 Å². The van der Waals surface area contributed by atoms with E-state index >= 15 is 0 Å². The summed E-state index contributed by atoms with van der Waals surface area (Å²) in [6.07, 6.45) is 0. The molecule has 0 aliphatic rings. The molecule has 3 heteroatoms. The third-order valence-corrected chi connectivity index (χ3v) is 2.47. The molecule has 1 amide bonds. The molecule has 0 spiro atoms. The Balaban J connectivity index is 2.81. The van der Waals surface area contributed by atoms with Gasteiger partial charge in [0.2, 0.25) is 0 Å². The molecule has 94 valence electrons. The molecule has 1 aromatic carbocycles. The first kappa shape index (κ1) is 13.7. The molecule has 2 N–H and O–H groups in total. The first-order chi connectivity index (χ1) is 7.83. The van der Waals surface area contributed by atoms with E-state index in [9.17, 15) is 4.79 Å². The molecule has 1 rings (SSSR count). The van der Waals surface area contributed by atoms with Gasteiger partial charge in [-0.15, -0.1) is 0 Å². The van der Waals surface area contributed by atoms with Crippen molar-refractivity contribution in [1.29, 1.82) is 0 Å². The molecule has 0 unspecified atom stereocenters. The molecule has 0 bridgehead atoms. The SMILES string of the molecule is CN(CC(C)(C)C)C(=O)c1cccc(CN)c1. The molecule has 0 radical (unpaired) electrons. The molecule has 1 aromatic rings. The lowest BCUT2D eigenvalue weighted by molar-refractivity contribution is 0.0745. The van der Waals surface area contributed by atoms with Crippen LogP contribution in [0.25, 0.3) is 0 Å². The third-order valence-electron chi connectivity index (χ3n) is 2.47. The fraction of sp³-hybridized carbons (Fsp3) is 0.500. The van der Waals surface area contributed by atoms with E-state index in [4.69, 9.17) is 5.73 Å². The van der Waals surface area contributed by atoms with Crippen LogP contribution in [0.3, 0.4) is 0 Å². The highest BCUT2D eigenvalue weighted by Crippen LogP contribution is 2.16. The van der Waals surface area contributed by atoms with Crippen molar-refractivity contribution in [1.82, 2.24) is 4.90 Å². The van der Waals surface area contributed by atoms with Crippen LogP contribution in [-0.4, -0.2) is 24.4 Å². The predicted octanol–water partition coefficient (Wildman–Crippen LogP) is 2.26. The molecule has 0 saturated carbocycles. The Labute approximate surface area is 104 Å². The number of carbonyl (C=O) groups excluding carboxylic acids is 1. The average Bonchev–Trinajstić information content (AvgIpc) is 2.26. The number of benzene rings is 1. The zero-order valence-electron chi connectivity index (χ0n) is 11.2. The Morgan fingerprint density at radius 2 is 2.00 bits per heavy atom. The number of carbonyl (C=O) groups is 1.